The average Bonchev–Trinajstić information content (AvgIpc) is 3.68. The summed E-state index contributed by atoms with van der Waals surface area (Å²) >= 11 is 0. The third-order valence-corrected chi connectivity index (χ3v) is 9.03. The van der Waals surface area contributed by atoms with Gasteiger partial charge in [-0.05, 0) is 77.4 Å². The number of nitrogens with zero attached hydrogens (tertiary/aromatic N) is 2. The zero-order chi connectivity index (χ0) is 34.2. The molecule has 0 bridgehead atoms. The van der Waals surface area contributed by atoms with Gasteiger partial charge in [0.25, 0.3) is 5.91 Å². The maximum Gasteiger partial charge on any atom is 0.418 e. The molecule has 4 aromatic carbocycles. The number of ether oxygens (including phenoxy) is 3. The normalized spacial score (nSPS) is 17.1. The summed E-state index contributed by atoms with van der Waals surface area (Å²) in [7, 11) is 0. The Morgan fingerprint density at radius 1 is 0.939 bits per heavy atom. The van der Waals surface area contributed by atoms with Crippen LogP contribution in [-0.4, -0.2) is 41.8 Å². The summed E-state index contributed by atoms with van der Waals surface area (Å²) < 4.78 is 58.5. The Hall–Kier alpha value is -5.58. The first-order valence-corrected chi connectivity index (χ1v) is 16.0. The van der Waals surface area contributed by atoms with E-state index in [1.807, 2.05) is 49.4 Å². The Morgan fingerprint density at radius 2 is 1.71 bits per heavy atom. The molecule has 3 heterocycles. The third-order valence-electron chi connectivity index (χ3n) is 9.03. The van der Waals surface area contributed by atoms with E-state index in [0.29, 0.717) is 53.0 Å². The summed E-state index contributed by atoms with van der Waals surface area (Å²) in [5.41, 5.74) is 1.74. The van der Waals surface area contributed by atoms with Gasteiger partial charge in [-0.15, -0.1) is 0 Å². The lowest BCUT2D eigenvalue weighted by Gasteiger charge is -2.26. The summed E-state index contributed by atoms with van der Waals surface area (Å²) in [5.74, 6) is 1.32. The molecule has 1 fully saturated rings. The van der Waals surface area contributed by atoms with Gasteiger partial charge in [0.05, 0.1) is 17.7 Å². The molecule has 3 amide bonds. The zero-order valence-electron chi connectivity index (χ0n) is 26.5. The highest BCUT2D eigenvalue weighted by Crippen LogP contribution is 2.41. The van der Waals surface area contributed by atoms with Crippen molar-refractivity contribution in [2.45, 2.75) is 37.9 Å². The predicted molar refractivity (Wildman–Crippen MR) is 176 cm³/mol. The number of fused-ring (bicyclic) bond motifs is 2. The number of hydrogen-bond acceptors (Lipinski definition) is 6. The predicted octanol–water partition coefficient (Wildman–Crippen LogP) is 7.87. The average molecular weight is 668 g/mol. The first-order valence-electron chi connectivity index (χ1n) is 16.0. The number of imide groups is 1. The van der Waals surface area contributed by atoms with E-state index in [-0.39, 0.29) is 31.4 Å². The number of benzene rings is 4. The van der Waals surface area contributed by atoms with Crippen molar-refractivity contribution >= 4 is 22.8 Å². The molecule has 1 atom stereocenters. The van der Waals surface area contributed by atoms with E-state index in [4.69, 9.17) is 14.2 Å². The second-order valence-corrected chi connectivity index (χ2v) is 12.0. The fourth-order valence-corrected chi connectivity index (χ4v) is 6.54. The minimum absolute atomic E-state index is 0.103. The topological polar surface area (TPSA) is 90.0 Å². The number of alkyl halides is 3. The second-order valence-electron chi connectivity index (χ2n) is 12.0. The van der Waals surface area contributed by atoms with Gasteiger partial charge in [0.1, 0.15) is 11.3 Å². The molecule has 5 aromatic rings. The number of carbonyl (C=O) groups is 2. The van der Waals surface area contributed by atoms with Gasteiger partial charge in [0.2, 0.25) is 6.79 Å². The van der Waals surface area contributed by atoms with Crippen LogP contribution < -0.4 is 19.5 Å². The Bertz CT molecular complexity index is 2040. The van der Waals surface area contributed by atoms with E-state index in [0.717, 1.165) is 22.8 Å². The SMILES string of the molecule is CCC1(c2ccc3c(c2)OCO3)NC(=O)N(CCCOc2ccc(-c3c(Cc4ccccc4)cnc4c(C(F)(F)F)cccc34)cc2)C1=O. The van der Waals surface area contributed by atoms with Crippen LogP contribution in [-0.2, 0) is 22.9 Å². The molecule has 0 saturated carbocycles. The molecule has 2 aliphatic heterocycles. The van der Waals surface area contributed by atoms with E-state index in [9.17, 15) is 22.8 Å². The number of pyridine rings is 1. The van der Waals surface area contributed by atoms with Crippen molar-refractivity contribution in [2.75, 3.05) is 19.9 Å². The number of urea groups is 1. The van der Waals surface area contributed by atoms with E-state index >= 15 is 0 Å². The van der Waals surface area contributed by atoms with Crippen molar-refractivity contribution in [3.8, 4) is 28.4 Å². The number of rotatable bonds is 10. The summed E-state index contributed by atoms with van der Waals surface area (Å²) in [4.78, 5) is 32.0. The van der Waals surface area contributed by atoms with Gasteiger partial charge in [-0.2, -0.15) is 13.2 Å². The van der Waals surface area contributed by atoms with Crippen LogP contribution in [0.2, 0.25) is 0 Å². The first kappa shape index (κ1) is 32.0. The Morgan fingerprint density at radius 3 is 2.47 bits per heavy atom. The van der Waals surface area contributed by atoms with Crippen LogP contribution >= 0.6 is 0 Å². The maximum absolute atomic E-state index is 13.9. The van der Waals surface area contributed by atoms with Crippen LogP contribution in [0.25, 0.3) is 22.0 Å². The molecule has 49 heavy (non-hydrogen) atoms. The Labute approximate surface area is 280 Å². The minimum atomic E-state index is -4.55. The molecular weight excluding hydrogens is 635 g/mol. The molecule has 250 valence electrons. The number of para-hydroxylation sites is 1. The molecule has 1 N–H and O–H groups in total. The highest BCUT2D eigenvalue weighted by Gasteiger charge is 2.51. The molecule has 8 nitrogen and oxygen atoms in total. The summed E-state index contributed by atoms with van der Waals surface area (Å²) in [5, 5.41) is 3.29. The number of hydrogen-bond donors (Lipinski definition) is 1. The molecule has 7 rings (SSSR count). The van der Waals surface area contributed by atoms with E-state index < -0.39 is 23.3 Å². The van der Waals surface area contributed by atoms with Gasteiger partial charge in [-0.3, -0.25) is 14.7 Å². The summed E-state index contributed by atoms with van der Waals surface area (Å²) in [6, 6.07) is 25.7. The van der Waals surface area contributed by atoms with Crippen LogP contribution in [0.3, 0.4) is 0 Å². The molecule has 2 aliphatic rings. The highest BCUT2D eigenvalue weighted by atomic mass is 19.4. The summed E-state index contributed by atoms with van der Waals surface area (Å²) in [6.07, 6.45) is -1.79. The van der Waals surface area contributed by atoms with Crippen molar-refractivity contribution in [3.05, 3.63) is 119 Å². The molecule has 11 heteroatoms. The van der Waals surface area contributed by atoms with Crippen molar-refractivity contribution in [2.24, 2.45) is 0 Å². The third kappa shape index (κ3) is 6.01. The van der Waals surface area contributed by atoms with Crippen molar-refractivity contribution in [3.63, 3.8) is 0 Å². The second kappa shape index (κ2) is 12.8. The standard InChI is InChI=1S/C38H32F3N3O5/c1-2-37(27-14-17-31-32(21-27)49-23-48-31)35(45)44(36(46)43-37)18-7-19-47-28-15-12-25(13-16-28)33-26(20-24-8-4-3-5-9-24)22-42-34-29(33)10-6-11-30(34)38(39,40)41/h3-6,8-17,21-22H,2,7,18-20,23H2,1H3,(H,43,46). The molecular formula is C38H32F3N3O5. The molecule has 1 saturated heterocycles. The smallest absolute Gasteiger partial charge is 0.418 e. The van der Waals surface area contributed by atoms with Gasteiger partial charge in [-0.25, -0.2) is 4.79 Å². The molecule has 0 aliphatic carbocycles. The van der Waals surface area contributed by atoms with Crippen LogP contribution in [0.15, 0.2) is 97.2 Å². The van der Waals surface area contributed by atoms with E-state index in [1.54, 1.807) is 36.4 Å². The van der Waals surface area contributed by atoms with Gasteiger partial charge < -0.3 is 19.5 Å². The van der Waals surface area contributed by atoms with Crippen LogP contribution in [0.1, 0.15) is 42.0 Å². The monoisotopic (exact) mass is 667 g/mol. The zero-order valence-corrected chi connectivity index (χ0v) is 26.5. The van der Waals surface area contributed by atoms with Crippen molar-refractivity contribution in [1.29, 1.82) is 0 Å². The summed E-state index contributed by atoms with van der Waals surface area (Å²) in [6.45, 7) is 2.33. The largest absolute Gasteiger partial charge is 0.494 e. The van der Waals surface area contributed by atoms with Gasteiger partial charge in [-0.1, -0.05) is 67.6 Å². The lowest BCUT2D eigenvalue weighted by Crippen LogP contribution is -2.43. The van der Waals surface area contributed by atoms with Crippen molar-refractivity contribution < 1.29 is 37.0 Å². The molecule has 1 unspecified atom stereocenters. The highest BCUT2D eigenvalue weighted by molar-refractivity contribution is 6.07. The number of nitrogens with one attached hydrogen (secondary N) is 1. The van der Waals surface area contributed by atoms with Gasteiger partial charge in [0, 0.05) is 18.1 Å². The van der Waals surface area contributed by atoms with Crippen LogP contribution in [0.5, 0.6) is 17.2 Å². The Kier molecular flexibility index (Phi) is 8.35. The molecule has 0 spiro atoms. The van der Waals surface area contributed by atoms with Crippen LogP contribution in [0.4, 0.5) is 18.0 Å². The first-order chi connectivity index (χ1) is 23.7. The van der Waals surface area contributed by atoms with Gasteiger partial charge in [0.15, 0.2) is 11.5 Å². The maximum atomic E-state index is 13.9. The van der Waals surface area contributed by atoms with Crippen LogP contribution in [0, 0.1) is 0 Å². The van der Waals surface area contributed by atoms with E-state index in [1.165, 1.54) is 17.2 Å². The Balaban J connectivity index is 1.06. The van der Waals surface area contributed by atoms with Crippen molar-refractivity contribution in [1.82, 2.24) is 15.2 Å². The minimum Gasteiger partial charge on any atom is -0.494 e. The number of aromatic nitrogens is 1. The fourth-order valence-electron chi connectivity index (χ4n) is 6.54. The number of halogens is 3. The molecule has 1 aromatic heterocycles. The quantitative estimate of drug-likeness (QED) is 0.121. The van der Waals surface area contributed by atoms with Gasteiger partial charge >= 0.3 is 12.2 Å². The number of carbonyl (C=O) groups excluding carboxylic acids is 2. The fraction of sp³-hybridized carbons (Fsp3) is 0.237. The number of amides is 3. The molecule has 0 radical (unpaired) electrons. The lowest BCUT2D eigenvalue weighted by atomic mass is 9.87. The lowest BCUT2D eigenvalue weighted by molar-refractivity contribution is -0.136. The van der Waals surface area contributed by atoms with E-state index in [2.05, 4.69) is 10.3 Å².